The van der Waals surface area contributed by atoms with E-state index in [0.717, 1.165) is 16.9 Å². The third-order valence-corrected chi connectivity index (χ3v) is 5.10. The maximum absolute atomic E-state index is 12.3. The number of rotatable bonds is 3. The van der Waals surface area contributed by atoms with Gasteiger partial charge in [0, 0.05) is 0 Å². The van der Waals surface area contributed by atoms with Crippen molar-refractivity contribution in [1.29, 1.82) is 0 Å². The van der Waals surface area contributed by atoms with E-state index in [9.17, 15) is 13.2 Å². The van der Waals surface area contributed by atoms with Crippen molar-refractivity contribution >= 4 is 16.4 Å². The Morgan fingerprint density at radius 1 is 1.17 bits per heavy atom. The first kappa shape index (κ1) is 13.2. The molecule has 6 heteroatoms. The van der Waals surface area contributed by atoms with Crippen LogP contribution < -0.4 is 4.90 Å². The number of sulfonamides is 1. The summed E-state index contributed by atoms with van der Waals surface area (Å²) in [6.45, 7) is 3.78. The molecule has 0 aliphatic carbocycles. The monoisotopic (exact) mass is 269 g/mol. The average molecular weight is 269 g/mol. The lowest BCUT2D eigenvalue weighted by Gasteiger charge is -2.28. The fraction of sp³-hybridized carbons (Fsp3) is 0.417. The van der Waals surface area contributed by atoms with Crippen LogP contribution in [0.25, 0.3) is 0 Å². The molecule has 1 aliphatic rings. The van der Waals surface area contributed by atoms with E-state index >= 15 is 0 Å². The van der Waals surface area contributed by atoms with Gasteiger partial charge in [-0.15, -0.1) is 0 Å². The second kappa shape index (κ2) is 5.17. The molecule has 0 aromatic heterocycles. The number of hydrogen-bond donors (Lipinski definition) is 1. The summed E-state index contributed by atoms with van der Waals surface area (Å²) in [6.07, 6.45) is 0.843. The Kier molecular flexibility index (Phi) is 3.79. The lowest BCUT2D eigenvalue weighted by atomic mass is 10.2. The van der Waals surface area contributed by atoms with Gasteiger partial charge in [-0.2, -0.15) is 4.31 Å². The zero-order valence-corrected chi connectivity index (χ0v) is 11.1. The van der Waals surface area contributed by atoms with Crippen molar-refractivity contribution in [2.75, 3.05) is 26.2 Å². The zero-order valence-electron chi connectivity index (χ0n) is 10.3. The van der Waals surface area contributed by atoms with E-state index in [1.807, 2.05) is 6.92 Å². The van der Waals surface area contributed by atoms with E-state index in [-0.39, 0.29) is 0 Å². The molecule has 1 saturated heterocycles. The van der Waals surface area contributed by atoms with E-state index in [1.165, 1.54) is 4.31 Å². The lowest BCUT2D eigenvalue weighted by Crippen LogP contribution is -3.14. The second-order valence-corrected chi connectivity index (χ2v) is 6.43. The van der Waals surface area contributed by atoms with Crippen LogP contribution in [0.4, 0.5) is 0 Å². The van der Waals surface area contributed by atoms with Gasteiger partial charge in [0.2, 0.25) is 10.0 Å². The molecule has 1 aliphatic heterocycles. The van der Waals surface area contributed by atoms with Crippen molar-refractivity contribution in [2.24, 2.45) is 0 Å². The quantitative estimate of drug-likeness (QED) is 0.719. The van der Waals surface area contributed by atoms with E-state index in [1.54, 1.807) is 24.3 Å². The predicted octanol–water partition coefficient (Wildman–Crippen LogP) is -0.959. The van der Waals surface area contributed by atoms with Crippen molar-refractivity contribution in [3.63, 3.8) is 0 Å². The molecule has 1 heterocycles. The van der Waals surface area contributed by atoms with Gasteiger partial charge < -0.3 is 0 Å². The summed E-state index contributed by atoms with van der Waals surface area (Å²) in [4.78, 5) is 11.7. The maximum atomic E-state index is 12.3. The van der Waals surface area contributed by atoms with E-state index in [4.69, 9.17) is 0 Å². The Labute approximate surface area is 107 Å². The van der Waals surface area contributed by atoms with E-state index in [0.29, 0.717) is 31.1 Å². The summed E-state index contributed by atoms with van der Waals surface area (Å²) in [7, 11) is -3.41. The van der Waals surface area contributed by atoms with Crippen LogP contribution in [0.3, 0.4) is 0 Å². The molecule has 98 valence electrons. The van der Waals surface area contributed by atoms with Crippen molar-refractivity contribution in [3.05, 3.63) is 29.8 Å². The predicted molar refractivity (Wildman–Crippen MR) is 66.7 cm³/mol. The van der Waals surface area contributed by atoms with E-state index < -0.39 is 10.0 Å². The minimum atomic E-state index is -3.41. The van der Waals surface area contributed by atoms with Crippen molar-refractivity contribution in [1.82, 2.24) is 4.31 Å². The van der Waals surface area contributed by atoms with Gasteiger partial charge in [0.05, 0.1) is 31.1 Å². The summed E-state index contributed by atoms with van der Waals surface area (Å²) in [5.41, 5.74) is 1.03. The number of carbonyl (C=O) groups excluding carboxylic acids is 1. The molecule has 1 fully saturated rings. The van der Waals surface area contributed by atoms with Gasteiger partial charge in [0.25, 0.3) is 6.41 Å². The molecule has 0 spiro atoms. The van der Waals surface area contributed by atoms with Gasteiger partial charge in [0.15, 0.2) is 0 Å². The van der Waals surface area contributed by atoms with Crippen LogP contribution in [0.1, 0.15) is 5.56 Å². The fourth-order valence-corrected chi connectivity index (χ4v) is 3.43. The first-order chi connectivity index (χ1) is 8.54. The number of piperazine rings is 1. The molecule has 0 atom stereocenters. The van der Waals surface area contributed by atoms with Crippen LogP contribution in [-0.4, -0.2) is 45.3 Å². The van der Waals surface area contributed by atoms with Gasteiger partial charge in [-0.1, -0.05) is 17.7 Å². The molecule has 0 radical (unpaired) electrons. The highest BCUT2D eigenvalue weighted by atomic mass is 32.2. The molecule has 0 unspecified atom stereocenters. The Balaban J connectivity index is 2.17. The van der Waals surface area contributed by atoms with Gasteiger partial charge in [-0.25, -0.2) is 13.2 Å². The normalized spacial score (nSPS) is 18.7. The van der Waals surface area contributed by atoms with Crippen LogP contribution in [0, 0.1) is 6.92 Å². The molecule has 0 saturated carbocycles. The smallest absolute Gasteiger partial charge is 0.272 e. The third kappa shape index (κ3) is 2.60. The summed E-state index contributed by atoms with van der Waals surface area (Å²) >= 11 is 0. The van der Waals surface area contributed by atoms with Gasteiger partial charge >= 0.3 is 0 Å². The Hall–Kier alpha value is -1.24. The highest BCUT2D eigenvalue weighted by molar-refractivity contribution is 7.89. The highest BCUT2D eigenvalue weighted by Gasteiger charge is 2.29. The highest BCUT2D eigenvalue weighted by Crippen LogP contribution is 2.15. The standard InChI is InChI=1S/C12H16N2O3S/c1-11-2-4-12(5-3-11)18(16,17)14-8-6-13(10-15)7-9-14/h2-5,10H,6-9H2,1H3/p+1. The van der Waals surface area contributed by atoms with Gasteiger partial charge in [-0.3, -0.25) is 4.90 Å². The molecule has 1 N–H and O–H groups in total. The summed E-state index contributed by atoms with van der Waals surface area (Å²) in [5.74, 6) is 0. The van der Waals surface area contributed by atoms with Crippen LogP contribution in [0.5, 0.6) is 0 Å². The maximum Gasteiger partial charge on any atom is 0.299 e. The Morgan fingerprint density at radius 3 is 2.22 bits per heavy atom. The molecule has 18 heavy (non-hydrogen) atoms. The third-order valence-electron chi connectivity index (χ3n) is 3.19. The van der Waals surface area contributed by atoms with E-state index in [2.05, 4.69) is 0 Å². The lowest BCUT2D eigenvalue weighted by molar-refractivity contribution is -0.815. The molecular formula is C12H17N2O3S+. The van der Waals surface area contributed by atoms with Crippen LogP contribution in [0.2, 0.25) is 0 Å². The first-order valence-corrected chi connectivity index (χ1v) is 7.35. The van der Waals surface area contributed by atoms with Crippen molar-refractivity contribution < 1.29 is 18.1 Å². The minimum Gasteiger partial charge on any atom is -0.272 e. The van der Waals surface area contributed by atoms with Crippen LogP contribution in [0.15, 0.2) is 29.2 Å². The molecule has 5 nitrogen and oxygen atoms in total. The van der Waals surface area contributed by atoms with Crippen molar-refractivity contribution in [3.8, 4) is 0 Å². The molecule has 1 aromatic carbocycles. The SMILES string of the molecule is Cc1ccc(S(=O)(=O)N2CC[NH+](C=O)CC2)cc1. The number of carbonyl (C=O) groups is 1. The molecule has 1 aromatic rings. The van der Waals surface area contributed by atoms with Gasteiger partial charge in [0.1, 0.15) is 0 Å². The van der Waals surface area contributed by atoms with Gasteiger partial charge in [-0.05, 0) is 19.1 Å². The number of quaternary nitrogens is 1. The number of benzene rings is 1. The van der Waals surface area contributed by atoms with Crippen LogP contribution in [-0.2, 0) is 14.8 Å². The summed E-state index contributed by atoms with van der Waals surface area (Å²) in [6, 6.07) is 6.84. The average Bonchev–Trinajstić information content (AvgIpc) is 2.39. The number of nitrogens with one attached hydrogen (secondary N) is 1. The minimum absolute atomic E-state index is 0.322. The van der Waals surface area contributed by atoms with Crippen LogP contribution >= 0.6 is 0 Å². The summed E-state index contributed by atoms with van der Waals surface area (Å²) < 4.78 is 26.1. The fourth-order valence-electron chi connectivity index (χ4n) is 1.99. The Bertz CT molecular complexity index is 517. The largest absolute Gasteiger partial charge is 0.299 e. The van der Waals surface area contributed by atoms with Crippen molar-refractivity contribution in [2.45, 2.75) is 11.8 Å². The number of nitrogens with zero attached hydrogens (tertiary/aromatic N) is 1. The zero-order chi connectivity index (χ0) is 13.2. The Morgan fingerprint density at radius 2 is 1.72 bits per heavy atom. The topological polar surface area (TPSA) is 58.9 Å². The molecule has 2 rings (SSSR count). The number of hydrogen-bond acceptors (Lipinski definition) is 3. The first-order valence-electron chi connectivity index (χ1n) is 5.91. The molecule has 1 amide bonds. The number of amides is 1. The second-order valence-electron chi connectivity index (χ2n) is 4.49. The summed E-state index contributed by atoms with van der Waals surface area (Å²) in [5, 5.41) is 0. The molecular weight excluding hydrogens is 252 g/mol. The number of aryl methyl sites for hydroxylation is 1. The molecule has 0 bridgehead atoms.